The first kappa shape index (κ1) is 14.4. The minimum Gasteiger partial charge on any atom is -0.477 e. The van der Waals surface area contributed by atoms with Crippen molar-refractivity contribution in [2.24, 2.45) is 0 Å². The van der Waals surface area contributed by atoms with Crippen LogP contribution in [0.1, 0.15) is 22.8 Å². The molecular weight excluding hydrogens is 308 g/mol. The number of nitrogen functional groups attached to an aromatic ring is 1. The maximum Gasteiger partial charge on any atom is 0.341 e. The fourth-order valence-corrected chi connectivity index (χ4v) is 2.39. The van der Waals surface area contributed by atoms with Gasteiger partial charge < -0.3 is 15.4 Å². The van der Waals surface area contributed by atoms with Gasteiger partial charge in [0.15, 0.2) is 17.5 Å². The predicted molar refractivity (Wildman–Crippen MR) is 68.0 cm³/mol. The Balaban J connectivity index is 2.56. The standard InChI is InChI=1S/C13H8F4N2O3/c14-4-1-5(4)19-2-3(13(21)22)12(20)6-10(18)8(16)7(15)9(17)11(6)19/h2,4-5H,1,18H2,(H,21,22)/t4-,5-/m1/s1. The molecule has 0 amide bonds. The van der Waals surface area contributed by atoms with Gasteiger partial charge in [0.1, 0.15) is 11.7 Å². The number of alkyl halides is 1. The molecule has 1 aromatic carbocycles. The van der Waals surface area contributed by atoms with Crippen LogP contribution in [0.3, 0.4) is 0 Å². The molecular formula is C13H8F4N2O3. The van der Waals surface area contributed by atoms with Crippen molar-refractivity contribution in [1.82, 2.24) is 4.57 Å². The van der Waals surface area contributed by atoms with E-state index in [-0.39, 0.29) is 6.42 Å². The van der Waals surface area contributed by atoms with Crippen molar-refractivity contribution in [3.63, 3.8) is 0 Å². The molecule has 0 aliphatic heterocycles. The van der Waals surface area contributed by atoms with E-state index in [1.165, 1.54) is 0 Å². The number of carboxylic acids is 1. The summed E-state index contributed by atoms with van der Waals surface area (Å²) in [5.74, 6) is -7.07. The van der Waals surface area contributed by atoms with E-state index >= 15 is 0 Å². The number of nitrogens with zero attached hydrogens (tertiary/aromatic N) is 1. The summed E-state index contributed by atoms with van der Waals surface area (Å²) in [6.45, 7) is 0. The van der Waals surface area contributed by atoms with Crippen LogP contribution in [0.4, 0.5) is 23.2 Å². The maximum atomic E-state index is 14.0. The summed E-state index contributed by atoms with van der Waals surface area (Å²) < 4.78 is 55.2. The van der Waals surface area contributed by atoms with Gasteiger partial charge in [0, 0.05) is 12.6 Å². The highest BCUT2D eigenvalue weighted by molar-refractivity contribution is 5.97. The van der Waals surface area contributed by atoms with E-state index in [2.05, 4.69) is 0 Å². The van der Waals surface area contributed by atoms with Crippen LogP contribution >= 0.6 is 0 Å². The van der Waals surface area contributed by atoms with Gasteiger partial charge in [-0.05, 0) is 0 Å². The summed E-state index contributed by atoms with van der Waals surface area (Å²) in [6.07, 6.45) is -0.743. The summed E-state index contributed by atoms with van der Waals surface area (Å²) in [5, 5.41) is 8.18. The Bertz CT molecular complexity index is 893. The number of benzene rings is 1. The maximum absolute atomic E-state index is 14.0. The van der Waals surface area contributed by atoms with E-state index in [0.717, 1.165) is 10.8 Å². The van der Waals surface area contributed by atoms with Crippen LogP contribution in [0.5, 0.6) is 0 Å². The number of rotatable bonds is 2. The third kappa shape index (κ3) is 1.78. The number of fused-ring (bicyclic) bond motifs is 1. The molecule has 9 heteroatoms. The molecule has 0 radical (unpaired) electrons. The molecule has 1 saturated carbocycles. The minimum atomic E-state index is -1.91. The number of hydrogen-bond donors (Lipinski definition) is 2. The highest BCUT2D eigenvalue weighted by atomic mass is 19.2. The Labute approximate surface area is 119 Å². The Morgan fingerprint density at radius 2 is 1.86 bits per heavy atom. The van der Waals surface area contributed by atoms with Gasteiger partial charge in [-0.3, -0.25) is 4.79 Å². The van der Waals surface area contributed by atoms with Crippen molar-refractivity contribution in [3.8, 4) is 0 Å². The monoisotopic (exact) mass is 316 g/mol. The van der Waals surface area contributed by atoms with Crippen molar-refractivity contribution in [3.05, 3.63) is 39.4 Å². The first-order valence-corrected chi connectivity index (χ1v) is 6.13. The molecule has 1 fully saturated rings. The fraction of sp³-hybridized carbons (Fsp3) is 0.231. The van der Waals surface area contributed by atoms with Crippen molar-refractivity contribution >= 4 is 22.6 Å². The molecule has 0 spiro atoms. The molecule has 2 aromatic rings. The van der Waals surface area contributed by atoms with Gasteiger partial charge in [-0.25, -0.2) is 22.4 Å². The van der Waals surface area contributed by atoms with Crippen LogP contribution in [-0.2, 0) is 0 Å². The number of pyridine rings is 1. The fourth-order valence-electron chi connectivity index (χ4n) is 2.39. The molecule has 5 nitrogen and oxygen atoms in total. The molecule has 1 aliphatic rings. The lowest BCUT2D eigenvalue weighted by atomic mass is 10.1. The molecule has 3 rings (SSSR count). The summed E-state index contributed by atoms with van der Waals surface area (Å²) in [7, 11) is 0. The highest BCUT2D eigenvalue weighted by Crippen LogP contribution is 2.42. The Kier molecular flexibility index (Phi) is 2.91. The van der Waals surface area contributed by atoms with Gasteiger partial charge in [0.25, 0.3) is 0 Å². The van der Waals surface area contributed by atoms with Gasteiger partial charge in [-0.15, -0.1) is 0 Å². The number of carbonyl (C=O) groups is 1. The third-order valence-electron chi connectivity index (χ3n) is 3.60. The number of aromatic nitrogens is 1. The van der Waals surface area contributed by atoms with E-state index in [4.69, 9.17) is 10.8 Å². The molecule has 1 aliphatic carbocycles. The highest BCUT2D eigenvalue weighted by Gasteiger charge is 2.41. The zero-order valence-corrected chi connectivity index (χ0v) is 10.7. The lowest BCUT2D eigenvalue weighted by Crippen LogP contribution is -2.22. The molecule has 1 aromatic heterocycles. The largest absolute Gasteiger partial charge is 0.477 e. The average Bonchev–Trinajstić information content (AvgIpc) is 3.18. The molecule has 116 valence electrons. The molecule has 22 heavy (non-hydrogen) atoms. The minimum absolute atomic E-state index is 0.0601. The molecule has 0 unspecified atom stereocenters. The van der Waals surface area contributed by atoms with Crippen molar-refractivity contribution < 1.29 is 27.5 Å². The molecule has 1 heterocycles. The van der Waals surface area contributed by atoms with Crippen LogP contribution < -0.4 is 11.2 Å². The number of anilines is 1. The second-order valence-corrected chi connectivity index (χ2v) is 4.98. The first-order valence-electron chi connectivity index (χ1n) is 6.13. The average molecular weight is 316 g/mol. The quantitative estimate of drug-likeness (QED) is 0.504. The normalized spacial score (nSPS) is 20.4. The predicted octanol–water partition coefficient (Wildman–Crippen LogP) is 1.98. The van der Waals surface area contributed by atoms with Gasteiger partial charge in [-0.2, -0.15) is 0 Å². The summed E-state index contributed by atoms with van der Waals surface area (Å²) in [6, 6.07) is -0.958. The van der Waals surface area contributed by atoms with Crippen LogP contribution in [0.2, 0.25) is 0 Å². The number of carboxylic acid groups (broad SMARTS) is 1. The Morgan fingerprint density at radius 3 is 2.36 bits per heavy atom. The Hall–Kier alpha value is -2.58. The molecule has 2 atom stereocenters. The number of halogens is 4. The summed E-state index contributed by atoms with van der Waals surface area (Å²) in [4.78, 5) is 23.1. The molecule has 0 saturated heterocycles. The topological polar surface area (TPSA) is 85.3 Å². The van der Waals surface area contributed by atoms with Crippen LogP contribution in [0.25, 0.3) is 10.9 Å². The first-order chi connectivity index (χ1) is 10.3. The van der Waals surface area contributed by atoms with Crippen molar-refractivity contribution in [2.45, 2.75) is 18.6 Å². The SMILES string of the molecule is Nc1c(F)c(F)c(F)c2c1c(=O)c(C(=O)O)cn2[C@@H]1C[C@H]1F. The Morgan fingerprint density at radius 1 is 1.27 bits per heavy atom. The summed E-state index contributed by atoms with van der Waals surface area (Å²) in [5.41, 5.74) is 1.46. The number of nitrogens with two attached hydrogens (primary N) is 1. The number of aromatic carboxylic acids is 1. The van der Waals surface area contributed by atoms with E-state index in [1.807, 2.05) is 0 Å². The summed E-state index contributed by atoms with van der Waals surface area (Å²) >= 11 is 0. The van der Waals surface area contributed by atoms with E-state index in [0.29, 0.717) is 0 Å². The number of hydrogen-bond acceptors (Lipinski definition) is 3. The van der Waals surface area contributed by atoms with Crippen LogP contribution in [-0.4, -0.2) is 21.8 Å². The second kappa shape index (κ2) is 4.46. The van der Waals surface area contributed by atoms with Crippen LogP contribution in [0.15, 0.2) is 11.0 Å². The van der Waals surface area contributed by atoms with E-state index in [1.54, 1.807) is 0 Å². The van der Waals surface area contributed by atoms with E-state index in [9.17, 15) is 27.2 Å². The van der Waals surface area contributed by atoms with Crippen molar-refractivity contribution in [1.29, 1.82) is 0 Å². The van der Waals surface area contributed by atoms with E-state index < -0.39 is 63.2 Å². The van der Waals surface area contributed by atoms with Crippen LogP contribution in [0, 0.1) is 17.5 Å². The smallest absolute Gasteiger partial charge is 0.341 e. The zero-order valence-electron chi connectivity index (χ0n) is 10.7. The second-order valence-electron chi connectivity index (χ2n) is 4.98. The van der Waals surface area contributed by atoms with Crippen molar-refractivity contribution in [2.75, 3.05) is 5.73 Å². The zero-order chi connectivity index (χ0) is 16.3. The van der Waals surface area contributed by atoms with Gasteiger partial charge in [0.05, 0.1) is 22.6 Å². The molecule has 0 bridgehead atoms. The third-order valence-corrected chi connectivity index (χ3v) is 3.60. The van der Waals surface area contributed by atoms with Gasteiger partial charge >= 0.3 is 5.97 Å². The lowest BCUT2D eigenvalue weighted by Gasteiger charge is -2.14. The van der Waals surface area contributed by atoms with Gasteiger partial charge in [-0.1, -0.05) is 0 Å². The molecule has 3 N–H and O–H groups in total. The lowest BCUT2D eigenvalue weighted by molar-refractivity contribution is 0.0694. The van der Waals surface area contributed by atoms with Gasteiger partial charge in [0.2, 0.25) is 5.43 Å².